The van der Waals surface area contributed by atoms with E-state index >= 15 is 0 Å². The van der Waals surface area contributed by atoms with E-state index in [4.69, 9.17) is 4.74 Å². The number of ether oxygens (including phenoxy) is 1. The molecule has 0 saturated carbocycles. The molecule has 0 heterocycles. The van der Waals surface area contributed by atoms with Crippen LogP contribution in [0.5, 0.6) is 0 Å². The van der Waals surface area contributed by atoms with Gasteiger partial charge in [-0.15, -0.1) is 0 Å². The molecule has 2 amide bonds. The summed E-state index contributed by atoms with van der Waals surface area (Å²) in [7, 11) is 0. The van der Waals surface area contributed by atoms with Crippen LogP contribution in [0.15, 0.2) is 60.7 Å². The van der Waals surface area contributed by atoms with Crippen LogP contribution in [0.1, 0.15) is 38.3 Å². The van der Waals surface area contributed by atoms with Gasteiger partial charge in [0.2, 0.25) is 5.91 Å². The van der Waals surface area contributed by atoms with Crippen molar-refractivity contribution in [1.29, 1.82) is 0 Å². The predicted molar refractivity (Wildman–Crippen MR) is 117 cm³/mol. The van der Waals surface area contributed by atoms with Gasteiger partial charge < -0.3 is 20.5 Å². The zero-order valence-electron chi connectivity index (χ0n) is 17.9. The van der Waals surface area contributed by atoms with E-state index in [9.17, 15) is 14.7 Å². The summed E-state index contributed by atoms with van der Waals surface area (Å²) < 4.78 is 5.26. The summed E-state index contributed by atoms with van der Waals surface area (Å²) in [6, 6.07) is 17.8. The van der Waals surface area contributed by atoms with Gasteiger partial charge in [-0.1, -0.05) is 74.5 Å². The van der Waals surface area contributed by atoms with Crippen molar-refractivity contribution in [3.05, 3.63) is 71.8 Å². The minimum Gasteiger partial charge on any atom is -0.445 e. The molecule has 3 N–H and O–H groups in total. The lowest BCUT2D eigenvalue weighted by atomic mass is 9.99. The molecule has 0 aromatic heterocycles. The summed E-state index contributed by atoms with van der Waals surface area (Å²) in [5.74, 6) is -0.142. The van der Waals surface area contributed by atoms with Gasteiger partial charge in [-0.2, -0.15) is 0 Å². The highest BCUT2D eigenvalue weighted by Crippen LogP contribution is 2.10. The first-order valence-electron chi connectivity index (χ1n) is 10.3. The average Bonchev–Trinajstić information content (AvgIpc) is 2.72. The van der Waals surface area contributed by atoms with E-state index in [1.807, 2.05) is 74.5 Å². The maximum Gasteiger partial charge on any atom is 0.408 e. The van der Waals surface area contributed by atoms with Crippen LogP contribution in [0.4, 0.5) is 4.79 Å². The summed E-state index contributed by atoms with van der Waals surface area (Å²) in [6.45, 7) is 5.74. The number of carbonyl (C=O) groups excluding carboxylic acids is 2. The molecule has 6 nitrogen and oxygen atoms in total. The number of amides is 2. The van der Waals surface area contributed by atoms with Crippen LogP contribution in [0.3, 0.4) is 0 Å². The normalized spacial score (nSPS) is 13.9. The molecule has 0 bridgehead atoms. The van der Waals surface area contributed by atoms with Gasteiger partial charge in [0.1, 0.15) is 12.6 Å². The highest BCUT2D eigenvalue weighted by atomic mass is 16.5. The molecule has 162 valence electrons. The van der Waals surface area contributed by atoms with E-state index in [-0.39, 0.29) is 18.4 Å². The predicted octanol–water partition coefficient (Wildman–Crippen LogP) is 3.44. The van der Waals surface area contributed by atoms with Gasteiger partial charge in [0, 0.05) is 0 Å². The third kappa shape index (κ3) is 8.25. The fraction of sp³-hybridized carbons (Fsp3) is 0.417. The fourth-order valence-electron chi connectivity index (χ4n) is 3.10. The number of benzene rings is 2. The summed E-state index contributed by atoms with van der Waals surface area (Å²) in [4.78, 5) is 25.2. The highest BCUT2D eigenvalue weighted by Gasteiger charge is 2.26. The van der Waals surface area contributed by atoms with Gasteiger partial charge in [-0.3, -0.25) is 4.79 Å². The van der Waals surface area contributed by atoms with E-state index in [0.29, 0.717) is 12.8 Å². The van der Waals surface area contributed by atoms with E-state index in [0.717, 1.165) is 11.1 Å². The minimum absolute atomic E-state index is 0.132. The van der Waals surface area contributed by atoms with Crippen LogP contribution >= 0.6 is 0 Å². The van der Waals surface area contributed by atoms with Crippen LogP contribution in [0, 0.1) is 5.92 Å². The molecule has 3 atom stereocenters. The Hall–Kier alpha value is -2.86. The Morgan fingerprint density at radius 3 is 2.00 bits per heavy atom. The fourth-order valence-corrected chi connectivity index (χ4v) is 3.10. The van der Waals surface area contributed by atoms with Crippen molar-refractivity contribution in [2.45, 2.75) is 58.4 Å². The van der Waals surface area contributed by atoms with E-state index in [2.05, 4.69) is 10.6 Å². The Kier molecular flexibility index (Phi) is 9.35. The number of hydrogen-bond donors (Lipinski definition) is 3. The van der Waals surface area contributed by atoms with Crippen molar-refractivity contribution in [3.8, 4) is 0 Å². The molecule has 0 radical (unpaired) electrons. The molecule has 30 heavy (non-hydrogen) atoms. The van der Waals surface area contributed by atoms with Gasteiger partial charge in [-0.05, 0) is 36.8 Å². The molecule has 2 rings (SSSR count). The summed E-state index contributed by atoms with van der Waals surface area (Å²) in [5.41, 5.74) is 1.88. The van der Waals surface area contributed by atoms with Crippen LogP contribution in [-0.2, 0) is 22.6 Å². The Labute approximate surface area is 178 Å². The molecular weight excluding hydrogens is 380 g/mol. The molecule has 0 aliphatic rings. The van der Waals surface area contributed by atoms with Gasteiger partial charge in [0.05, 0.1) is 12.1 Å². The second-order valence-corrected chi connectivity index (χ2v) is 7.93. The molecular formula is C24H32N2O4. The number of hydrogen-bond acceptors (Lipinski definition) is 4. The molecule has 0 aliphatic carbocycles. The van der Waals surface area contributed by atoms with Crippen molar-refractivity contribution >= 4 is 12.0 Å². The molecule has 0 fully saturated rings. The maximum atomic E-state index is 12.9. The SMILES string of the molecule is CC(C)C[C@H](NC(=O)OCc1ccccc1)C(=O)N[C@@H](Cc1ccccc1)C(C)O. The van der Waals surface area contributed by atoms with Crippen LogP contribution in [0.25, 0.3) is 0 Å². The third-order valence-electron chi connectivity index (χ3n) is 4.74. The first-order chi connectivity index (χ1) is 14.3. The Bertz CT molecular complexity index is 778. The Balaban J connectivity index is 1.97. The van der Waals surface area contributed by atoms with Gasteiger partial charge in [0.15, 0.2) is 0 Å². The standard InChI is InChI=1S/C24H32N2O4/c1-17(2)14-22(26-24(29)30-16-20-12-8-5-9-13-20)23(28)25-21(18(3)27)15-19-10-6-4-7-11-19/h4-13,17-18,21-22,27H,14-16H2,1-3H3,(H,25,28)(H,26,29)/t18?,21-,22-/m0/s1. The molecule has 2 aromatic rings. The monoisotopic (exact) mass is 412 g/mol. The number of aliphatic hydroxyl groups is 1. The van der Waals surface area contributed by atoms with Gasteiger partial charge >= 0.3 is 6.09 Å². The summed E-state index contributed by atoms with van der Waals surface area (Å²) >= 11 is 0. The zero-order valence-corrected chi connectivity index (χ0v) is 17.9. The van der Waals surface area contributed by atoms with Gasteiger partial charge in [0.25, 0.3) is 0 Å². The molecule has 2 aromatic carbocycles. The van der Waals surface area contributed by atoms with Crippen molar-refractivity contribution in [2.75, 3.05) is 0 Å². The van der Waals surface area contributed by atoms with Crippen LogP contribution in [-0.4, -0.2) is 35.3 Å². The van der Waals surface area contributed by atoms with Crippen molar-refractivity contribution < 1.29 is 19.4 Å². The quantitative estimate of drug-likeness (QED) is 0.558. The topological polar surface area (TPSA) is 87.7 Å². The summed E-state index contributed by atoms with van der Waals surface area (Å²) in [5, 5.41) is 15.7. The minimum atomic E-state index is -0.745. The van der Waals surface area contributed by atoms with Crippen molar-refractivity contribution in [3.63, 3.8) is 0 Å². The molecule has 0 spiro atoms. The Morgan fingerprint density at radius 2 is 1.47 bits per heavy atom. The van der Waals surface area contributed by atoms with Crippen LogP contribution < -0.4 is 10.6 Å². The lowest BCUT2D eigenvalue weighted by molar-refractivity contribution is -0.125. The second kappa shape index (κ2) is 12.0. The molecule has 6 heteroatoms. The third-order valence-corrected chi connectivity index (χ3v) is 4.74. The Morgan fingerprint density at radius 1 is 0.900 bits per heavy atom. The lowest BCUT2D eigenvalue weighted by Crippen LogP contribution is -2.53. The van der Waals surface area contributed by atoms with E-state index in [1.165, 1.54) is 0 Å². The maximum absolute atomic E-state index is 12.9. The first kappa shape index (κ1) is 23.4. The van der Waals surface area contributed by atoms with E-state index in [1.54, 1.807) is 6.92 Å². The average molecular weight is 413 g/mol. The lowest BCUT2D eigenvalue weighted by Gasteiger charge is -2.26. The zero-order chi connectivity index (χ0) is 21.9. The number of aliphatic hydroxyl groups excluding tert-OH is 1. The highest BCUT2D eigenvalue weighted by molar-refractivity contribution is 5.85. The second-order valence-electron chi connectivity index (χ2n) is 7.93. The first-order valence-corrected chi connectivity index (χ1v) is 10.3. The van der Waals surface area contributed by atoms with E-state index < -0.39 is 24.3 Å². The summed E-state index contributed by atoms with van der Waals surface area (Å²) in [6.07, 6.45) is -0.420. The molecule has 0 aliphatic heterocycles. The smallest absolute Gasteiger partial charge is 0.408 e. The number of rotatable bonds is 10. The van der Waals surface area contributed by atoms with Crippen LogP contribution in [0.2, 0.25) is 0 Å². The molecule has 1 unspecified atom stereocenters. The number of nitrogens with one attached hydrogen (secondary N) is 2. The molecule has 0 saturated heterocycles. The number of alkyl carbamates (subject to hydrolysis) is 1. The van der Waals surface area contributed by atoms with Crippen molar-refractivity contribution in [1.82, 2.24) is 10.6 Å². The number of carbonyl (C=O) groups is 2. The van der Waals surface area contributed by atoms with Gasteiger partial charge in [-0.25, -0.2) is 4.79 Å². The largest absolute Gasteiger partial charge is 0.445 e. The van der Waals surface area contributed by atoms with Crippen molar-refractivity contribution in [2.24, 2.45) is 5.92 Å².